The SMILES string of the molecule is CC1(C)[C@@]2(C(=O)N3CCN4C[C@@H]3CC[C@H]4C(c3ccccc3)c3ccccc3)CC[C@]1(C)C(=O)O2. The summed E-state index contributed by atoms with van der Waals surface area (Å²) in [5.41, 5.74) is 0.637. The van der Waals surface area contributed by atoms with Crippen LogP contribution in [0.5, 0.6) is 0 Å². The summed E-state index contributed by atoms with van der Waals surface area (Å²) in [5, 5.41) is 0. The molecule has 1 saturated carbocycles. The molecule has 3 heterocycles. The molecule has 0 N–H and O–H groups in total. The lowest BCUT2D eigenvalue weighted by molar-refractivity contribution is -0.178. The molecule has 0 aromatic heterocycles. The van der Waals surface area contributed by atoms with Crippen LogP contribution in [-0.4, -0.2) is 59.0 Å². The first kappa shape index (κ1) is 22.8. The van der Waals surface area contributed by atoms with Gasteiger partial charge in [-0.1, -0.05) is 74.5 Å². The van der Waals surface area contributed by atoms with Gasteiger partial charge >= 0.3 is 5.97 Å². The quantitative estimate of drug-likeness (QED) is 0.610. The van der Waals surface area contributed by atoms with E-state index in [1.54, 1.807) is 0 Å². The van der Waals surface area contributed by atoms with E-state index in [9.17, 15) is 9.59 Å². The monoisotopic (exact) mass is 472 g/mol. The van der Waals surface area contributed by atoms with Crippen molar-refractivity contribution in [2.45, 2.75) is 70.1 Å². The molecule has 1 aliphatic carbocycles. The van der Waals surface area contributed by atoms with Crippen molar-refractivity contribution in [3.05, 3.63) is 71.8 Å². The van der Waals surface area contributed by atoms with Gasteiger partial charge < -0.3 is 9.64 Å². The maximum absolute atomic E-state index is 14.1. The summed E-state index contributed by atoms with van der Waals surface area (Å²) >= 11 is 0. The summed E-state index contributed by atoms with van der Waals surface area (Å²) in [6.07, 6.45) is 3.38. The minimum absolute atomic E-state index is 0.0443. The van der Waals surface area contributed by atoms with Crippen LogP contribution in [0.1, 0.15) is 63.5 Å². The molecule has 3 aliphatic heterocycles. The van der Waals surface area contributed by atoms with E-state index in [1.807, 2.05) is 6.92 Å². The Bertz CT molecular complexity index is 1090. The number of piperidine rings is 1. The Morgan fingerprint density at radius 2 is 1.54 bits per heavy atom. The number of nitrogens with zero attached hydrogens (tertiary/aromatic N) is 2. The molecule has 0 spiro atoms. The molecule has 184 valence electrons. The normalized spacial score (nSPS) is 35.3. The molecule has 4 bridgehead atoms. The molecule has 5 heteroatoms. The standard InChI is InChI=1S/C30H36N2O3/c1-28(2)29(3)16-17-30(28,35-27(29)34)26(33)32-19-18-31-20-23(32)14-15-24(31)25(21-10-6-4-7-11-21)22-12-8-5-9-13-22/h4-13,23-25H,14-20H2,1-3H3/t23-,24-,29+,30-/m0/s1. The van der Waals surface area contributed by atoms with Gasteiger partial charge in [0.2, 0.25) is 0 Å². The highest BCUT2D eigenvalue weighted by Crippen LogP contribution is 2.66. The van der Waals surface area contributed by atoms with E-state index in [0.717, 1.165) is 32.4 Å². The molecule has 1 unspecified atom stereocenters. The van der Waals surface area contributed by atoms with Crippen LogP contribution < -0.4 is 0 Å². The van der Waals surface area contributed by atoms with Gasteiger partial charge in [0.25, 0.3) is 5.91 Å². The lowest BCUT2D eigenvalue weighted by atomic mass is 9.66. The third kappa shape index (κ3) is 3.10. The Morgan fingerprint density at radius 3 is 2.09 bits per heavy atom. The third-order valence-corrected chi connectivity index (χ3v) is 10.2. The van der Waals surface area contributed by atoms with Gasteiger partial charge in [-0.05, 0) is 43.7 Å². The second-order valence-electron chi connectivity index (χ2n) is 11.8. The molecule has 4 aliphatic rings. The average Bonchev–Trinajstić information content (AvgIpc) is 3.17. The van der Waals surface area contributed by atoms with Gasteiger partial charge in [0.05, 0.1) is 5.41 Å². The average molecular weight is 473 g/mol. The topological polar surface area (TPSA) is 49.9 Å². The summed E-state index contributed by atoms with van der Waals surface area (Å²) in [6, 6.07) is 22.3. The number of carbonyl (C=O) groups excluding carboxylic acids is 2. The minimum Gasteiger partial charge on any atom is -0.448 e. The number of rotatable bonds is 4. The molecule has 5 atom stereocenters. The molecule has 2 aromatic carbocycles. The van der Waals surface area contributed by atoms with Gasteiger partial charge in [0.15, 0.2) is 5.60 Å². The maximum Gasteiger partial charge on any atom is 0.313 e. The van der Waals surface area contributed by atoms with Crippen LogP contribution >= 0.6 is 0 Å². The van der Waals surface area contributed by atoms with Crippen LogP contribution in [0.15, 0.2) is 60.7 Å². The number of ether oxygens (including phenoxy) is 1. The number of benzene rings is 2. The number of carbonyl (C=O) groups is 2. The van der Waals surface area contributed by atoms with Crippen molar-refractivity contribution in [3.8, 4) is 0 Å². The Morgan fingerprint density at radius 1 is 0.914 bits per heavy atom. The molecule has 2 aromatic rings. The molecule has 3 saturated heterocycles. The first-order chi connectivity index (χ1) is 16.8. The Hall–Kier alpha value is -2.66. The maximum atomic E-state index is 14.1. The number of esters is 1. The number of fused-ring (bicyclic) bond motifs is 4. The predicted octanol–water partition coefficient (Wildman–Crippen LogP) is 4.62. The fraction of sp³-hybridized carbons (Fsp3) is 0.533. The van der Waals surface area contributed by atoms with E-state index in [2.05, 4.69) is 84.3 Å². The number of hydrogen-bond acceptors (Lipinski definition) is 4. The Balaban J connectivity index is 1.25. The Labute approximate surface area is 208 Å². The molecule has 1 amide bonds. The summed E-state index contributed by atoms with van der Waals surface area (Å²) < 4.78 is 5.95. The fourth-order valence-corrected chi connectivity index (χ4v) is 7.53. The first-order valence-electron chi connectivity index (χ1n) is 13.2. The second kappa shape index (κ2) is 7.92. The van der Waals surface area contributed by atoms with E-state index in [1.165, 1.54) is 11.1 Å². The van der Waals surface area contributed by atoms with Crippen molar-refractivity contribution in [1.82, 2.24) is 9.80 Å². The van der Waals surface area contributed by atoms with Gasteiger partial charge in [-0.15, -0.1) is 0 Å². The van der Waals surface area contributed by atoms with Crippen molar-refractivity contribution in [1.29, 1.82) is 0 Å². The smallest absolute Gasteiger partial charge is 0.313 e. The largest absolute Gasteiger partial charge is 0.448 e. The van der Waals surface area contributed by atoms with Crippen molar-refractivity contribution in [3.63, 3.8) is 0 Å². The van der Waals surface area contributed by atoms with Gasteiger partial charge in [-0.25, -0.2) is 0 Å². The fourth-order valence-electron chi connectivity index (χ4n) is 7.53. The van der Waals surface area contributed by atoms with Gasteiger partial charge in [0, 0.05) is 43.1 Å². The second-order valence-corrected chi connectivity index (χ2v) is 11.8. The van der Waals surface area contributed by atoms with Crippen LogP contribution in [0, 0.1) is 10.8 Å². The highest BCUT2D eigenvalue weighted by Gasteiger charge is 2.76. The van der Waals surface area contributed by atoms with Crippen LogP contribution in [0.4, 0.5) is 0 Å². The van der Waals surface area contributed by atoms with E-state index < -0.39 is 16.4 Å². The van der Waals surface area contributed by atoms with Crippen molar-refractivity contribution < 1.29 is 14.3 Å². The molecule has 6 rings (SSSR count). The lowest BCUT2D eigenvalue weighted by Gasteiger charge is -2.52. The first-order valence-corrected chi connectivity index (χ1v) is 13.2. The van der Waals surface area contributed by atoms with E-state index in [4.69, 9.17) is 4.74 Å². The lowest BCUT2D eigenvalue weighted by Crippen LogP contribution is -2.66. The van der Waals surface area contributed by atoms with Gasteiger partial charge in [-0.3, -0.25) is 14.5 Å². The zero-order valence-electron chi connectivity index (χ0n) is 21.1. The van der Waals surface area contributed by atoms with Crippen molar-refractivity contribution >= 4 is 11.9 Å². The summed E-state index contributed by atoms with van der Waals surface area (Å²) in [5.74, 6) is 0.158. The van der Waals surface area contributed by atoms with Crippen LogP contribution in [0.25, 0.3) is 0 Å². The minimum atomic E-state index is -1.01. The highest BCUT2D eigenvalue weighted by atomic mass is 16.6. The summed E-state index contributed by atoms with van der Waals surface area (Å²) in [7, 11) is 0. The highest BCUT2D eigenvalue weighted by molar-refractivity contribution is 5.96. The predicted molar refractivity (Wildman–Crippen MR) is 135 cm³/mol. The summed E-state index contributed by atoms with van der Waals surface area (Å²) in [4.78, 5) is 31.5. The number of hydrogen-bond donors (Lipinski definition) is 0. The number of piperazine rings is 1. The molecule has 35 heavy (non-hydrogen) atoms. The van der Waals surface area contributed by atoms with Gasteiger partial charge in [0.1, 0.15) is 0 Å². The van der Waals surface area contributed by atoms with E-state index >= 15 is 0 Å². The van der Waals surface area contributed by atoms with Gasteiger partial charge in [-0.2, -0.15) is 0 Å². The van der Waals surface area contributed by atoms with Crippen LogP contribution in [0.3, 0.4) is 0 Å². The molecule has 4 fully saturated rings. The molecular weight excluding hydrogens is 436 g/mol. The number of amides is 1. The van der Waals surface area contributed by atoms with Crippen molar-refractivity contribution in [2.24, 2.45) is 10.8 Å². The van der Waals surface area contributed by atoms with E-state index in [0.29, 0.717) is 24.9 Å². The summed E-state index contributed by atoms with van der Waals surface area (Å²) in [6.45, 7) is 8.52. The van der Waals surface area contributed by atoms with Crippen LogP contribution in [-0.2, 0) is 14.3 Å². The molecule has 5 nitrogen and oxygen atoms in total. The van der Waals surface area contributed by atoms with Crippen LogP contribution in [0.2, 0.25) is 0 Å². The zero-order valence-corrected chi connectivity index (χ0v) is 21.1. The van der Waals surface area contributed by atoms with E-state index in [-0.39, 0.29) is 17.9 Å². The third-order valence-electron chi connectivity index (χ3n) is 10.2. The molecule has 0 radical (unpaired) electrons. The Kier molecular flexibility index (Phi) is 5.16. The van der Waals surface area contributed by atoms with Crippen molar-refractivity contribution in [2.75, 3.05) is 19.6 Å². The molecular formula is C30H36N2O3. The zero-order chi connectivity index (χ0) is 24.4.